The number of nitrogens with zero attached hydrogens (tertiary/aromatic N) is 2. The Kier molecular flexibility index (Phi) is 19.7. The topological polar surface area (TPSA) is 200 Å². The molecule has 376 valence electrons. The Morgan fingerprint density at radius 2 is 1.13 bits per heavy atom. The molecule has 6 amide bonds. The number of rotatable bonds is 20. The maximum atomic E-state index is 14.5. The quantitative estimate of drug-likeness (QED) is 0.0956. The lowest BCUT2D eigenvalue weighted by Gasteiger charge is -2.56. The number of unbranched alkanes of at least 4 members (excludes halogenated alkanes) is 1. The molecular weight excluding hydrogens is 865 g/mol. The van der Waals surface area contributed by atoms with E-state index in [1.165, 1.54) is 0 Å². The second kappa shape index (κ2) is 24.9. The van der Waals surface area contributed by atoms with Gasteiger partial charge in [0.1, 0.15) is 35.4 Å². The second-order valence-corrected chi connectivity index (χ2v) is 21.5. The van der Waals surface area contributed by atoms with Crippen LogP contribution >= 0.6 is 0 Å². The van der Waals surface area contributed by atoms with Gasteiger partial charge in [-0.15, -0.1) is 0 Å². The molecule has 2 heterocycles. The maximum Gasteiger partial charge on any atom is 0.408 e. The van der Waals surface area contributed by atoms with E-state index in [2.05, 4.69) is 36.8 Å². The van der Waals surface area contributed by atoms with Crippen LogP contribution in [0.1, 0.15) is 118 Å². The number of ether oxygens (including phenoxy) is 2. The smallest absolute Gasteiger partial charge is 0.408 e. The molecule has 1 saturated carbocycles. The van der Waals surface area contributed by atoms with Crippen LogP contribution in [0.5, 0.6) is 0 Å². The van der Waals surface area contributed by atoms with Gasteiger partial charge in [-0.1, -0.05) is 74.5 Å². The highest BCUT2D eigenvalue weighted by molar-refractivity contribution is 5.95. The fraction of sp³-hybridized carbons (Fsp3) is 0.654. The molecule has 4 atom stereocenters. The fourth-order valence-corrected chi connectivity index (χ4v) is 9.40. The van der Waals surface area contributed by atoms with Gasteiger partial charge in [0.05, 0.1) is 0 Å². The molecule has 0 unspecified atom stereocenters. The SMILES string of the molecule is CC(C)C[C@@H](NC(=O)[C@@H](Cc1ccccc1)NC(=O)[C@@H](Cc1ccccc1)NC(=O)OC(C)(C)C)C(=O)N[C@H](CCCCNC(=O)OC(C)(C)C)C(=O)N1CCC2(CC1)CC(N1CCNCC1)C2. The maximum absolute atomic E-state index is 14.5. The molecule has 1 aliphatic carbocycles. The van der Waals surface area contributed by atoms with Crippen molar-refractivity contribution in [1.82, 2.24) is 41.7 Å². The number of likely N-dealkylation sites (tertiary alicyclic amines) is 1. The number of carbonyl (C=O) groups is 6. The lowest BCUT2D eigenvalue weighted by atomic mass is 9.60. The number of alkyl carbamates (subject to hydrolysis) is 2. The minimum Gasteiger partial charge on any atom is -0.444 e. The first-order valence-electron chi connectivity index (χ1n) is 24.9. The first-order chi connectivity index (χ1) is 32.2. The van der Waals surface area contributed by atoms with Crippen LogP contribution in [0, 0.1) is 11.3 Å². The normalized spacial score (nSPS) is 18.3. The molecule has 16 nitrogen and oxygen atoms in total. The van der Waals surface area contributed by atoms with Gasteiger partial charge in [0, 0.05) is 64.7 Å². The number of carbonyl (C=O) groups excluding carboxylic acids is 6. The molecule has 2 aromatic carbocycles. The zero-order valence-electron chi connectivity index (χ0n) is 41.9. The van der Waals surface area contributed by atoms with Crippen molar-refractivity contribution in [3.05, 3.63) is 71.8 Å². The van der Waals surface area contributed by atoms with Crippen LogP contribution in [0.2, 0.25) is 0 Å². The molecule has 0 bridgehead atoms. The third-order valence-corrected chi connectivity index (χ3v) is 12.9. The van der Waals surface area contributed by atoms with E-state index < -0.39 is 65.3 Å². The number of hydrogen-bond acceptors (Lipinski definition) is 10. The summed E-state index contributed by atoms with van der Waals surface area (Å²) in [4.78, 5) is 87.5. The number of nitrogens with one attached hydrogen (secondary N) is 6. The third kappa shape index (κ3) is 17.7. The van der Waals surface area contributed by atoms with Crippen molar-refractivity contribution >= 4 is 35.8 Å². The molecule has 2 aliphatic heterocycles. The first-order valence-corrected chi connectivity index (χ1v) is 24.9. The zero-order chi connectivity index (χ0) is 49.5. The average molecular weight is 945 g/mol. The van der Waals surface area contributed by atoms with Crippen molar-refractivity contribution in [3.63, 3.8) is 0 Å². The molecule has 16 heteroatoms. The van der Waals surface area contributed by atoms with Crippen molar-refractivity contribution in [1.29, 1.82) is 0 Å². The molecular formula is C52H80N8O8. The summed E-state index contributed by atoms with van der Waals surface area (Å²) in [6, 6.07) is 14.9. The lowest BCUT2D eigenvalue weighted by Crippen LogP contribution is -2.61. The summed E-state index contributed by atoms with van der Waals surface area (Å²) in [5, 5.41) is 17.8. The minimum atomic E-state index is -1.14. The van der Waals surface area contributed by atoms with Crippen LogP contribution in [0.15, 0.2) is 60.7 Å². The highest BCUT2D eigenvalue weighted by Gasteiger charge is 2.48. The Morgan fingerprint density at radius 1 is 0.647 bits per heavy atom. The Bertz CT molecular complexity index is 1950. The Morgan fingerprint density at radius 3 is 1.66 bits per heavy atom. The van der Waals surface area contributed by atoms with E-state index in [0.29, 0.717) is 44.9 Å². The first kappa shape index (κ1) is 53.7. The third-order valence-electron chi connectivity index (χ3n) is 12.9. The van der Waals surface area contributed by atoms with E-state index in [9.17, 15) is 28.8 Å². The van der Waals surface area contributed by atoms with Gasteiger partial charge in [0.2, 0.25) is 23.6 Å². The fourth-order valence-electron chi connectivity index (χ4n) is 9.40. The van der Waals surface area contributed by atoms with Gasteiger partial charge >= 0.3 is 12.2 Å². The van der Waals surface area contributed by atoms with Crippen molar-refractivity contribution in [2.75, 3.05) is 45.8 Å². The van der Waals surface area contributed by atoms with Crippen molar-refractivity contribution in [3.8, 4) is 0 Å². The van der Waals surface area contributed by atoms with Crippen LogP contribution in [-0.4, -0.2) is 133 Å². The minimum absolute atomic E-state index is 0.0274. The lowest BCUT2D eigenvalue weighted by molar-refractivity contribution is -0.141. The van der Waals surface area contributed by atoms with Crippen LogP contribution in [0.3, 0.4) is 0 Å². The molecule has 3 aliphatic rings. The van der Waals surface area contributed by atoms with Crippen molar-refractivity contribution in [2.45, 2.75) is 161 Å². The Balaban J connectivity index is 1.30. The zero-order valence-corrected chi connectivity index (χ0v) is 41.9. The second-order valence-electron chi connectivity index (χ2n) is 21.5. The predicted molar refractivity (Wildman–Crippen MR) is 262 cm³/mol. The summed E-state index contributed by atoms with van der Waals surface area (Å²) >= 11 is 0. The van der Waals surface area contributed by atoms with Gasteiger partial charge in [-0.05, 0) is 115 Å². The predicted octanol–water partition coefficient (Wildman–Crippen LogP) is 5.24. The summed E-state index contributed by atoms with van der Waals surface area (Å²) in [5.41, 5.74) is 0.349. The van der Waals surface area contributed by atoms with Gasteiger partial charge in [-0.2, -0.15) is 0 Å². The molecule has 2 aromatic rings. The van der Waals surface area contributed by atoms with Crippen molar-refractivity contribution < 1.29 is 38.2 Å². The molecule has 0 radical (unpaired) electrons. The molecule has 0 aromatic heterocycles. The van der Waals surface area contributed by atoms with Gasteiger partial charge in [0.25, 0.3) is 0 Å². The van der Waals surface area contributed by atoms with Crippen LogP contribution < -0.4 is 31.9 Å². The summed E-state index contributed by atoms with van der Waals surface area (Å²) in [7, 11) is 0. The van der Waals surface area contributed by atoms with E-state index in [1.807, 2.05) is 79.4 Å². The van der Waals surface area contributed by atoms with Gasteiger partial charge in [0.15, 0.2) is 0 Å². The molecule has 1 spiro atoms. The molecule has 3 fully saturated rings. The summed E-state index contributed by atoms with van der Waals surface area (Å²) < 4.78 is 10.9. The van der Waals surface area contributed by atoms with Crippen LogP contribution in [0.4, 0.5) is 9.59 Å². The highest BCUT2D eigenvalue weighted by atomic mass is 16.6. The average Bonchev–Trinajstić information content (AvgIpc) is 3.26. The van der Waals surface area contributed by atoms with Gasteiger partial charge in [-0.25, -0.2) is 9.59 Å². The van der Waals surface area contributed by atoms with Gasteiger partial charge in [-0.3, -0.25) is 24.1 Å². The van der Waals surface area contributed by atoms with E-state index >= 15 is 0 Å². The van der Waals surface area contributed by atoms with Gasteiger partial charge < -0.3 is 46.3 Å². The number of benzene rings is 2. The molecule has 2 saturated heterocycles. The number of piperidine rings is 1. The van der Waals surface area contributed by atoms with E-state index in [-0.39, 0.29) is 36.5 Å². The standard InChI is InChI=1S/C52H80N8O8/c1-36(2)31-41(56-45(62)42(32-37-17-11-9-12-18-37)57-46(63)43(33-38-19-13-10-14-20-38)58-49(66)68-51(6,7)8)44(61)55-40(21-15-16-24-54-48(65)67-50(3,4)5)47(64)60-27-22-52(23-28-60)34-39(35-52)59-29-25-53-26-30-59/h9-14,17-20,36,39-43,53H,15-16,21-35H2,1-8H3,(H,54,65)(H,55,61)(H,56,62)(H,57,63)(H,58,66)/t40-,41-,42-,43-/m1/s1. The van der Waals surface area contributed by atoms with Crippen LogP contribution in [0.25, 0.3) is 0 Å². The van der Waals surface area contributed by atoms with Crippen molar-refractivity contribution in [2.24, 2.45) is 11.3 Å². The van der Waals surface area contributed by atoms with E-state index in [1.54, 1.807) is 41.5 Å². The molecule has 5 rings (SSSR count). The number of amides is 6. The summed E-state index contributed by atoms with van der Waals surface area (Å²) in [6.07, 6.45) is 4.75. The Labute approximate surface area is 404 Å². The monoisotopic (exact) mass is 945 g/mol. The van der Waals surface area contributed by atoms with E-state index in [0.717, 1.165) is 63.0 Å². The number of piperazine rings is 1. The van der Waals surface area contributed by atoms with Crippen LogP contribution in [-0.2, 0) is 41.5 Å². The summed E-state index contributed by atoms with van der Waals surface area (Å²) in [6.45, 7) is 20.2. The molecule has 68 heavy (non-hydrogen) atoms. The van der Waals surface area contributed by atoms with E-state index in [4.69, 9.17) is 9.47 Å². The molecule has 6 N–H and O–H groups in total. The number of hydrogen-bond donors (Lipinski definition) is 6. The Hall–Kier alpha value is -5.22. The highest BCUT2D eigenvalue weighted by Crippen LogP contribution is 2.51. The summed E-state index contributed by atoms with van der Waals surface area (Å²) in [5.74, 6) is -1.87. The largest absolute Gasteiger partial charge is 0.444 e.